The van der Waals surface area contributed by atoms with Gasteiger partial charge in [0.15, 0.2) is 0 Å². The summed E-state index contributed by atoms with van der Waals surface area (Å²) in [5.41, 5.74) is 0. The van der Waals surface area contributed by atoms with Crippen molar-refractivity contribution in [1.29, 1.82) is 0 Å². The Kier molecular flexibility index (Phi) is 8.93. The Morgan fingerprint density at radius 3 is 1.78 bits per heavy atom. The molecule has 0 aliphatic rings. The molecule has 0 aromatic heterocycles. The monoisotopic (exact) mass is 194 g/mol. The third kappa shape index (κ3) is 8.48. The summed E-state index contributed by atoms with van der Waals surface area (Å²) in [5, 5.41) is 2.56. The van der Waals surface area contributed by atoms with Crippen LogP contribution in [0, 0.1) is 0 Å². The molecule has 0 bridgehead atoms. The first-order chi connectivity index (χ1) is 4.41. The molecular formula is C6H15AsO2. The minimum atomic E-state index is 0.246. The van der Waals surface area contributed by atoms with Gasteiger partial charge in [-0.2, -0.15) is 0 Å². The molecule has 0 spiro atoms. The van der Waals surface area contributed by atoms with E-state index in [1.807, 2.05) is 0 Å². The summed E-state index contributed by atoms with van der Waals surface area (Å²) in [7, 11) is 3.50. The Balaban J connectivity index is 2.60. The third-order valence-corrected chi connectivity index (χ3v) is 3.31. The van der Waals surface area contributed by atoms with Gasteiger partial charge in [-0.25, -0.2) is 0 Å². The van der Waals surface area contributed by atoms with Crippen molar-refractivity contribution < 1.29 is 9.47 Å². The molecular weight excluding hydrogens is 179 g/mol. The van der Waals surface area contributed by atoms with E-state index in [0.717, 1.165) is 13.2 Å². The van der Waals surface area contributed by atoms with Crippen LogP contribution in [0.5, 0.6) is 0 Å². The topological polar surface area (TPSA) is 18.5 Å². The van der Waals surface area contributed by atoms with Gasteiger partial charge < -0.3 is 0 Å². The number of rotatable bonds is 6. The molecule has 0 fully saturated rings. The molecule has 0 radical (unpaired) electrons. The van der Waals surface area contributed by atoms with Gasteiger partial charge in [-0.3, -0.25) is 0 Å². The summed E-state index contributed by atoms with van der Waals surface area (Å²) in [6, 6.07) is 0. The van der Waals surface area contributed by atoms with E-state index in [9.17, 15) is 0 Å². The fourth-order valence-electron chi connectivity index (χ4n) is 0.473. The standard InChI is InChI=1S/C6H15AsO2/c1-8-5-3-7-4-6-9-2/h7H,3-6H2,1-2H3. The van der Waals surface area contributed by atoms with E-state index < -0.39 is 0 Å². The first-order valence-corrected chi connectivity index (χ1v) is 6.07. The number of methoxy groups -OCH3 is 2. The molecule has 0 N–H and O–H groups in total. The van der Waals surface area contributed by atoms with Crippen molar-refractivity contribution in [3.63, 3.8) is 0 Å². The summed E-state index contributed by atoms with van der Waals surface area (Å²) >= 11 is 0.246. The Hall–Kier alpha value is 0.478. The molecule has 9 heavy (non-hydrogen) atoms. The molecule has 0 saturated carbocycles. The summed E-state index contributed by atoms with van der Waals surface area (Å²) in [5.74, 6) is 0. The predicted molar refractivity (Wildman–Crippen MR) is 40.5 cm³/mol. The average Bonchev–Trinajstić information content (AvgIpc) is 1.89. The summed E-state index contributed by atoms with van der Waals surface area (Å²) in [6.07, 6.45) is 0. The molecule has 56 valence electrons. The van der Waals surface area contributed by atoms with Crippen LogP contribution in [0.4, 0.5) is 0 Å². The van der Waals surface area contributed by atoms with Crippen LogP contribution in [0.25, 0.3) is 0 Å². The molecule has 0 unspecified atom stereocenters. The Labute approximate surface area is 63.6 Å². The van der Waals surface area contributed by atoms with E-state index >= 15 is 0 Å². The zero-order valence-corrected chi connectivity index (χ0v) is 8.24. The van der Waals surface area contributed by atoms with Gasteiger partial charge in [0.25, 0.3) is 0 Å². The maximum atomic E-state index is 4.91. The quantitative estimate of drug-likeness (QED) is 0.454. The van der Waals surface area contributed by atoms with Crippen molar-refractivity contribution in [2.75, 3.05) is 27.4 Å². The number of ether oxygens (including phenoxy) is 2. The van der Waals surface area contributed by atoms with Crippen LogP contribution < -0.4 is 0 Å². The molecule has 0 aromatic rings. The van der Waals surface area contributed by atoms with E-state index in [4.69, 9.17) is 9.47 Å². The van der Waals surface area contributed by atoms with Crippen LogP contribution >= 0.6 is 0 Å². The van der Waals surface area contributed by atoms with Crippen molar-refractivity contribution in [2.24, 2.45) is 0 Å². The van der Waals surface area contributed by atoms with Gasteiger partial charge in [0.2, 0.25) is 0 Å². The first kappa shape index (κ1) is 9.48. The van der Waals surface area contributed by atoms with Crippen molar-refractivity contribution in [2.45, 2.75) is 10.4 Å². The van der Waals surface area contributed by atoms with Gasteiger partial charge in [0, 0.05) is 0 Å². The van der Waals surface area contributed by atoms with Gasteiger partial charge in [0.1, 0.15) is 0 Å². The van der Waals surface area contributed by atoms with E-state index in [-0.39, 0.29) is 15.8 Å². The molecule has 0 saturated heterocycles. The van der Waals surface area contributed by atoms with Gasteiger partial charge in [-0.05, 0) is 0 Å². The van der Waals surface area contributed by atoms with Gasteiger partial charge in [0.05, 0.1) is 0 Å². The maximum absolute atomic E-state index is 4.91. The van der Waals surface area contributed by atoms with Crippen LogP contribution in [0.15, 0.2) is 0 Å². The van der Waals surface area contributed by atoms with Gasteiger partial charge >= 0.3 is 63.1 Å². The molecule has 0 aromatic carbocycles. The van der Waals surface area contributed by atoms with E-state index in [1.165, 1.54) is 10.4 Å². The normalized spacial score (nSPS) is 10.0. The molecule has 0 heterocycles. The van der Waals surface area contributed by atoms with Crippen molar-refractivity contribution in [3.05, 3.63) is 0 Å². The zero-order chi connectivity index (χ0) is 6.95. The second-order valence-corrected chi connectivity index (χ2v) is 4.88. The molecule has 0 aliphatic carbocycles. The summed E-state index contributed by atoms with van der Waals surface area (Å²) in [6.45, 7) is 1.87. The Bertz CT molecular complexity index is 44.3. The average molecular weight is 194 g/mol. The summed E-state index contributed by atoms with van der Waals surface area (Å²) in [4.78, 5) is 0. The second-order valence-electron chi connectivity index (χ2n) is 1.74. The van der Waals surface area contributed by atoms with Crippen LogP contribution in [0.1, 0.15) is 0 Å². The van der Waals surface area contributed by atoms with E-state index in [2.05, 4.69) is 0 Å². The Morgan fingerprint density at radius 2 is 1.44 bits per heavy atom. The van der Waals surface area contributed by atoms with E-state index in [1.54, 1.807) is 14.2 Å². The Morgan fingerprint density at radius 1 is 1.00 bits per heavy atom. The van der Waals surface area contributed by atoms with Crippen LogP contribution in [0.3, 0.4) is 0 Å². The number of hydrogen-bond acceptors (Lipinski definition) is 2. The van der Waals surface area contributed by atoms with Gasteiger partial charge in [-0.1, -0.05) is 0 Å². The van der Waals surface area contributed by atoms with Crippen LogP contribution in [-0.2, 0) is 9.47 Å². The summed E-state index contributed by atoms with van der Waals surface area (Å²) < 4.78 is 9.82. The fraction of sp³-hybridized carbons (Fsp3) is 1.00. The van der Waals surface area contributed by atoms with Crippen molar-refractivity contribution in [3.8, 4) is 0 Å². The first-order valence-electron chi connectivity index (χ1n) is 3.10. The molecule has 2 nitrogen and oxygen atoms in total. The molecule has 0 atom stereocenters. The van der Waals surface area contributed by atoms with Crippen molar-refractivity contribution in [1.82, 2.24) is 0 Å². The molecule has 0 amide bonds. The minimum absolute atomic E-state index is 0.246. The predicted octanol–water partition coefficient (Wildman–Crippen LogP) is 0.552. The van der Waals surface area contributed by atoms with Crippen molar-refractivity contribution >= 4 is 15.8 Å². The van der Waals surface area contributed by atoms with E-state index in [0.29, 0.717) is 0 Å². The SMILES string of the molecule is COCC[AsH]CCOC. The number of hydrogen-bond donors (Lipinski definition) is 0. The molecule has 0 rings (SSSR count). The molecule has 3 heteroatoms. The van der Waals surface area contributed by atoms with Gasteiger partial charge in [-0.15, -0.1) is 0 Å². The third-order valence-electron chi connectivity index (χ3n) is 0.966. The fourth-order valence-corrected chi connectivity index (χ4v) is 2.46. The second kappa shape index (κ2) is 8.48. The molecule has 0 aliphatic heterocycles. The van der Waals surface area contributed by atoms with Crippen LogP contribution in [0.2, 0.25) is 10.4 Å². The zero-order valence-electron chi connectivity index (χ0n) is 6.14. The van der Waals surface area contributed by atoms with Crippen LogP contribution in [-0.4, -0.2) is 43.2 Å².